The number of ether oxygens (including phenoxy) is 1. The van der Waals surface area contributed by atoms with Crippen molar-refractivity contribution in [3.63, 3.8) is 0 Å². The fourth-order valence-electron chi connectivity index (χ4n) is 3.76. The van der Waals surface area contributed by atoms with Crippen molar-refractivity contribution < 1.29 is 19.5 Å². The average molecular weight is 399 g/mol. The Labute approximate surface area is 177 Å². The smallest absolute Gasteiger partial charge is 0.231 e. The molecule has 0 bridgehead atoms. The van der Waals surface area contributed by atoms with Crippen LogP contribution in [0.25, 0.3) is 17.2 Å². The number of hydrogen-bond acceptors (Lipinski definition) is 3. The molecule has 4 rings (SSSR count). The molecular formula is C26H25NO3. The Bertz CT molecular complexity index is 1080. The standard InChI is InChI=1S/C26H25NO3/c1-3-27(4-2)17-22-23(28)15-14-21-25(29)24(30-26(21)22)16-18-10-12-20(13-11-18)19-8-6-5-7-9-19/h5-16,28H,3-4,17H2,1-2H3/b24-16-. The summed E-state index contributed by atoms with van der Waals surface area (Å²) in [7, 11) is 0. The number of hydrogen-bond donors (Lipinski definition) is 1. The minimum Gasteiger partial charge on any atom is -0.872 e. The molecule has 0 aliphatic carbocycles. The van der Waals surface area contributed by atoms with Gasteiger partial charge in [-0.2, -0.15) is 0 Å². The molecule has 1 aliphatic rings. The van der Waals surface area contributed by atoms with Gasteiger partial charge < -0.3 is 14.7 Å². The highest BCUT2D eigenvalue weighted by atomic mass is 16.5. The quantitative estimate of drug-likeness (QED) is 0.646. The van der Waals surface area contributed by atoms with Crippen LogP contribution in [-0.2, 0) is 6.54 Å². The van der Waals surface area contributed by atoms with Crippen molar-refractivity contribution in [3.05, 3.63) is 89.2 Å². The Morgan fingerprint density at radius 3 is 2.23 bits per heavy atom. The Balaban J connectivity index is 1.61. The van der Waals surface area contributed by atoms with E-state index in [4.69, 9.17) is 4.74 Å². The van der Waals surface area contributed by atoms with E-state index >= 15 is 0 Å². The molecule has 0 atom stereocenters. The highest BCUT2D eigenvalue weighted by Gasteiger charge is 2.30. The molecule has 0 amide bonds. The molecule has 30 heavy (non-hydrogen) atoms. The van der Waals surface area contributed by atoms with E-state index < -0.39 is 0 Å². The second-order valence-electron chi connectivity index (χ2n) is 7.48. The molecule has 0 fully saturated rings. The fourth-order valence-corrected chi connectivity index (χ4v) is 3.76. The van der Waals surface area contributed by atoms with Crippen LogP contribution >= 0.6 is 0 Å². The molecule has 1 N–H and O–H groups in total. The molecule has 3 aromatic carbocycles. The van der Waals surface area contributed by atoms with E-state index in [0.29, 0.717) is 23.4 Å². The van der Waals surface area contributed by atoms with Gasteiger partial charge in [0, 0.05) is 5.56 Å². The van der Waals surface area contributed by atoms with Crippen molar-refractivity contribution in [3.8, 4) is 22.6 Å². The van der Waals surface area contributed by atoms with Crippen LogP contribution in [0.2, 0.25) is 0 Å². The zero-order valence-electron chi connectivity index (χ0n) is 17.3. The number of fused-ring (bicyclic) bond motifs is 1. The third-order valence-corrected chi connectivity index (χ3v) is 5.64. The maximum Gasteiger partial charge on any atom is 0.231 e. The van der Waals surface area contributed by atoms with Crippen molar-refractivity contribution in [2.24, 2.45) is 0 Å². The fraction of sp³-hybridized carbons (Fsp3) is 0.192. The number of rotatable bonds is 6. The second kappa shape index (κ2) is 8.56. The molecule has 3 aromatic rings. The lowest BCUT2D eigenvalue weighted by molar-refractivity contribution is -0.910. The lowest BCUT2D eigenvalue weighted by Gasteiger charge is -2.21. The summed E-state index contributed by atoms with van der Waals surface area (Å²) in [5.74, 6) is 0.445. The number of benzene rings is 3. The predicted octanol–water partition coefficient (Wildman–Crippen LogP) is 3.47. The van der Waals surface area contributed by atoms with Gasteiger partial charge in [-0.3, -0.25) is 4.79 Å². The second-order valence-corrected chi connectivity index (χ2v) is 7.48. The average Bonchev–Trinajstić information content (AvgIpc) is 3.10. The van der Waals surface area contributed by atoms with Gasteiger partial charge in [0.2, 0.25) is 5.78 Å². The molecule has 4 nitrogen and oxygen atoms in total. The lowest BCUT2D eigenvalue weighted by atomic mass is 10.0. The van der Waals surface area contributed by atoms with E-state index in [0.717, 1.165) is 29.8 Å². The van der Waals surface area contributed by atoms with Gasteiger partial charge in [0.05, 0.1) is 18.7 Å². The van der Waals surface area contributed by atoms with Crippen LogP contribution in [0.3, 0.4) is 0 Å². The lowest BCUT2D eigenvalue weighted by Crippen LogP contribution is -3.10. The van der Waals surface area contributed by atoms with Crippen molar-refractivity contribution in [2.75, 3.05) is 13.1 Å². The van der Waals surface area contributed by atoms with Crippen LogP contribution in [0.1, 0.15) is 35.3 Å². The summed E-state index contributed by atoms with van der Waals surface area (Å²) in [6, 6.07) is 21.2. The van der Waals surface area contributed by atoms with Gasteiger partial charge in [0.25, 0.3) is 0 Å². The Morgan fingerprint density at radius 2 is 1.57 bits per heavy atom. The third-order valence-electron chi connectivity index (χ3n) is 5.64. The molecule has 4 heteroatoms. The molecular weight excluding hydrogens is 374 g/mol. The summed E-state index contributed by atoms with van der Waals surface area (Å²) in [5.41, 5.74) is 4.19. The van der Waals surface area contributed by atoms with Crippen molar-refractivity contribution in [1.29, 1.82) is 0 Å². The van der Waals surface area contributed by atoms with Gasteiger partial charge in [0.1, 0.15) is 12.3 Å². The number of nitrogens with one attached hydrogen (secondary N) is 1. The maximum atomic E-state index is 12.9. The monoisotopic (exact) mass is 399 g/mol. The Hall–Kier alpha value is -3.37. The maximum absolute atomic E-state index is 12.9. The first-order valence-corrected chi connectivity index (χ1v) is 10.4. The number of ketones is 1. The van der Waals surface area contributed by atoms with Crippen molar-refractivity contribution in [2.45, 2.75) is 20.4 Å². The molecule has 0 saturated carbocycles. The topological polar surface area (TPSA) is 53.8 Å². The molecule has 0 unspecified atom stereocenters. The molecule has 0 radical (unpaired) electrons. The predicted molar refractivity (Wildman–Crippen MR) is 116 cm³/mol. The molecule has 0 aromatic heterocycles. The minimum absolute atomic E-state index is 0.0746. The first-order valence-electron chi connectivity index (χ1n) is 10.4. The normalized spacial score (nSPS) is 14.2. The molecule has 1 aliphatic heterocycles. The first kappa shape index (κ1) is 19.9. The molecule has 0 spiro atoms. The largest absolute Gasteiger partial charge is 0.872 e. The molecule has 152 valence electrons. The SMILES string of the molecule is CC[NH+](CC)Cc1c([O-])ccc2c1O/C(=C\c1ccc(-c3ccccc3)cc1)C2=O. The number of Topliss-reactive ketones (excluding diaryl/α,β-unsaturated/α-hetero) is 1. The van der Waals surface area contributed by atoms with E-state index in [1.165, 1.54) is 11.0 Å². The van der Waals surface area contributed by atoms with Crippen LogP contribution in [0.4, 0.5) is 0 Å². The summed E-state index contributed by atoms with van der Waals surface area (Å²) in [5, 5.41) is 12.5. The highest BCUT2D eigenvalue weighted by molar-refractivity contribution is 6.15. The van der Waals surface area contributed by atoms with Crippen LogP contribution < -0.4 is 14.7 Å². The van der Waals surface area contributed by atoms with E-state index in [2.05, 4.69) is 26.0 Å². The summed E-state index contributed by atoms with van der Waals surface area (Å²) in [6.45, 7) is 6.54. The summed E-state index contributed by atoms with van der Waals surface area (Å²) >= 11 is 0. The number of quaternary nitrogens is 1. The number of carbonyl (C=O) groups is 1. The summed E-state index contributed by atoms with van der Waals surface area (Å²) in [4.78, 5) is 14.1. The Kier molecular flexibility index (Phi) is 5.68. The van der Waals surface area contributed by atoms with Gasteiger partial charge in [-0.15, -0.1) is 0 Å². The van der Waals surface area contributed by atoms with Crippen molar-refractivity contribution >= 4 is 11.9 Å². The van der Waals surface area contributed by atoms with Crippen LogP contribution in [0.5, 0.6) is 11.5 Å². The third kappa shape index (κ3) is 3.87. The highest BCUT2D eigenvalue weighted by Crippen LogP contribution is 2.38. The number of allylic oxidation sites excluding steroid dienone is 1. The van der Waals surface area contributed by atoms with Crippen LogP contribution in [0.15, 0.2) is 72.5 Å². The minimum atomic E-state index is -0.173. The van der Waals surface area contributed by atoms with E-state index in [9.17, 15) is 9.90 Å². The Morgan fingerprint density at radius 1 is 0.900 bits per heavy atom. The van der Waals surface area contributed by atoms with Crippen molar-refractivity contribution in [1.82, 2.24) is 0 Å². The van der Waals surface area contributed by atoms with Gasteiger partial charge >= 0.3 is 0 Å². The van der Waals surface area contributed by atoms with E-state index in [-0.39, 0.29) is 17.3 Å². The van der Waals surface area contributed by atoms with Gasteiger partial charge in [-0.05, 0) is 42.7 Å². The summed E-state index contributed by atoms with van der Waals surface area (Å²) in [6.07, 6.45) is 1.75. The molecule has 0 saturated heterocycles. The zero-order valence-corrected chi connectivity index (χ0v) is 17.3. The zero-order chi connectivity index (χ0) is 21.1. The first-order chi connectivity index (χ1) is 14.6. The van der Waals surface area contributed by atoms with Gasteiger partial charge in [-0.1, -0.05) is 66.4 Å². The van der Waals surface area contributed by atoms with Crippen LogP contribution in [-0.4, -0.2) is 18.9 Å². The number of carbonyl (C=O) groups excluding carboxylic acids is 1. The van der Waals surface area contributed by atoms with Gasteiger partial charge in [0.15, 0.2) is 5.76 Å². The summed E-state index contributed by atoms with van der Waals surface area (Å²) < 4.78 is 5.94. The van der Waals surface area contributed by atoms with E-state index in [1.807, 2.05) is 42.5 Å². The molecule has 1 heterocycles. The van der Waals surface area contributed by atoms with E-state index in [1.54, 1.807) is 12.1 Å². The van der Waals surface area contributed by atoms with Crippen LogP contribution in [0, 0.1) is 0 Å². The van der Waals surface area contributed by atoms with Gasteiger partial charge in [-0.25, -0.2) is 0 Å².